The molecule has 2 aliphatic heterocycles. The van der Waals surface area contributed by atoms with Gasteiger partial charge in [0.15, 0.2) is 0 Å². The molecule has 0 aliphatic carbocycles. The van der Waals surface area contributed by atoms with Crippen molar-refractivity contribution in [1.82, 2.24) is 15.0 Å². The summed E-state index contributed by atoms with van der Waals surface area (Å²) in [4.78, 5) is 21.2. The van der Waals surface area contributed by atoms with Crippen molar-refractivity contribution in [2.24, 2.45) is 0 Å². The summed E-state index contributed by atoms with van der Waals surface area (Å²) in [6, 6.07) is 13.8. The summed E-state index contributed by atoms with van der Waals surface area (Å²) in [5.41, 5.74) is 1.91. The standard InChI is InChI=1S/C24H26Cl2N6O/c1-17-16-31(23-20(26)3-2-8-27-23)9-10-32(17)22-15-21(18-4-6-19(25)7-5-18)28-24(29-22)30-11-13-33-14-12-30/h2-8,15,17H,9-14,16H2,1H3. The second-order valence-corrected chi connectivity index (χ2v) is 9.16. The number of benzene rings is 1. The summed E-state index contributed by atoms with van der Waals surface area (Å²) in [6.45, 7) is 7.58. The number of hydrogen-bond acceptors (Lipinski definition) is 7. The Morgan fingerprint density at radius 2 is 1.73 bits per heavy atom. The smallest absolute Gasteiger partial charge is 0.228 e. The largest absolute Gasteiger partial charge is 0.378 e. The lowest BCUT2D eigenvalue weighted by Gasteiger charge is -2.41. The second-order valence-electron chi connectivity index (χ2n) is 8.31. The number of halogens is 2. The van der Waals surface area contributed by atoms with E-state index in [9.17, 15) is 0 Å². The first-order chi connectivity index (χ1) is 16.1. The van der Waals surface area contributed by atoms with Crippen LogP contribution in [0, 0.1) is 0 Å². The van der Waals surface area contributed by atoms with Crippen molar-refractivity contribution in [2.75, 3.05) is 60.6 Å². The number of piperazine rings is 1. The zero-order valence-electron chi connectivity index (χ0n) is 18.5. The monoisotopic (exact) mass is 484 g/mol. The van der Waals surface area contributed by atoms with Crippen LogP contribution in [0.15, 0.2) is 48.7 Å². The van der Waals surface area contributed by atoms with Gasteiger partial charge in [0.25, 0.3) is 0 Å². The molecule has 5 rings (SSSR count). The molecule has 1 atom stereocenters. The van der Waals surface area contributed by atoms with Gasteiger partial charge in [-0.2, -0.15) is 4.98 Å². The maximum atomic E-state index is 6.40. The molecule has 33 heavy (non-hydrogen) atoms. The van der Waals surface area contributed by atoms with Crippen molar-refractivity contribution in [1.29, 1.82) is 0 Å². The number of hydrogen-bond donors (Lipinski definition) is 0. The molecule has 9 heteroatoms. The maximum absolute atomic E-state index is 6.40. The molecule has 0 radical (unpaired) electrons. The number of ether oxygens (including phenoxy) is 1. The Morgan fingerprint density at radius 1 is 0.939 bits per heavy atom. The molecule has 2 saturated heterocycles. The topological polar surface area (TPSA) is 57.6 Å². The summed E-state index contributed by atoms with van der Waals surface area (Å²) in [7, 11) is 0. The molecule has 2 aromatic heterocycles. The van der Waals surface area contributed by atoms with Crippen LogP contribution in [0.3, 0.4) is 0 Å². The van der Waals surface area contributed by atoms with Crippen molar-refractivity contribution < 1.29 is 4.74 Å². The van der Waals surface area contributed by atoms with Gasteiger partial charge in [-0.15, -0.1) is 0 Å². The molecular weight excluding hydrogens is 459 g/mol. The summed E-state index contributed by atoms with van der Waals surface area (Å²) in [5, 5.41) is 1.39. The second kappa shape index (κ2) is 9.71. The predicted molar refractivity (Wildman–Crippen MR) is 134 cm³/mol. The molecule has 1 unspecified atom stereocenters. The Balaban J connectivity index is 1.46. The molecule has 0 N–H and O–H groups in total. The van der Waals surface area contributed by atoms with E-state index in [1.54, 1.807) is 6.20 Å². The van der Waals surface area contributed by atoms with E-state index in [1.165, 1.54) is 0 Å². The summed E-state index contributed by atoms with van der Waals surface area (Å²) in [6.07, 6.45) is 1.79. The minimum Gasteiger partial charge on any atom is -0.378 e. The average molecular weight is 485 g/mol. The van der Waals surface area contributed by atoms with E-state index in [1.807, 2.05) is 36.4 Å². The third-order valence-electron chi connectivity index (χ3n) is 6.10. The Morgan fingerprint density at radius 3 is 2.45 bits per heavy atom. The Labute approximate surface area is 203 Å². The van der Waals surface area contributed by atoms with Crippen LogP contribution in [-0.2, 0) is 4.74 Å². The van der Waals surface area contributed by atoms with Crippen molar-refractivity contribution in [3.63, 3.8) is 0 Å². The third-order valence-corrected chi connectivity index (χ3v) is 6.64. The Bertz CT molecular complexity index is 1110. The van der Waals surface area contributed by atoms with E-state index in [0.717, 1.165) is 61.6 Å². The van der Waals surface area contributed by atoms with E-state index in [0.29, 0.717) is 23.3 Å². The van der Waals surface area contributed by atoms with Gasteiger partial charge in [0, 0.05) is 61.6 Å². The fourth-order valence-electron chi connectivity index (χ4n) is 4.34. The van der Waals surface area contributed by atoms with Gasteiger partial charge in [-0.25, -0.2) is 9.97 Å². The van der Waals surface area contributed by atoms with Crippen molar-refractivity contribution >= 4 is 40.8 Å². The first-order valence-corrected chi connectivity index (χ1v) is 11.9. The fraction of sp³-hybridized carbons (Fsp3) is 0.375. The highest BCUT2D eigenvalue weighted by Crippen LogP contribution is 2.30. The van der Waals surface area contributed by atoms with E-state index in [4.69, 9.17) is 37.9 Å². The van der Waals surface area contributed by atoms with E-state index >= 15 is 0 Å². The normalized spacial score (nSPS) is 19.1. The van der Waals surface area contributed by atoms with Crippen LogP contribution in [0.2, 0.25) is 10.0 Å². The van der Waals surface area contributed by atoms with Gasteiger partial charge in [0.2, 0.25) is 5.95 Å². The SMILES string of the molecule is CC1CN(c2ncccc2Cl)CCN1c1cc(-c2ccc(Cl)cc2)nc(N2CCOCC2)n1. The average Bonchev–Trinajstić information content (AvgIpc) is 2.85. The van der Waals surface area contributed by atoms with Crippen molar-refractivity contribution in [3.8, 4) is 11.3 Å². The molecule has 0 saturated carbocycles. The summed E-state index contributed by atoms with van der Waals surface area (Å²) in [5.74, 6) is 2.50. The van der Waals surface area contributed by atoms with Crippen molar-refractivity contribution in [3.05, 3.63) is 58.7 Å². The molecule has 3 aromatic rings. The number of rotatable bonds is 4. The van der Waals surface area contributed by atoms with Gasteiger partial charge in [0.1, 0.15) is 11.6 Å². The minimum atomic E-state index is 0.224. The van der Waals surface area contributed by atoms with Gasteiger partial charge >= 0.3 is 0 Å². The zero-order valence-corrected chi connectivity index (χ0v) is 20.0. The van der Waals surface area contributed by atoms with E-state index < -0.39 is 0 Å². The lowest BCUT2D eigenvalue weighted by atomic mass is 10.1. The highest BCUT2D eigenvalue weighted by atomic mass is 35.5. The molecule has 0 amide bonds. The fourth-order valence-corrected chi connectivity index (χ4v) is 4.71. The van der Waals surface area contributed by atoms with Crippen LogP contribution in [0.4, 0.5) is 17.6 Å². The highest BCUT2D eigenvalue weighted by molar-refractivity contribution is 6.33. The number of morpholine rings is 1. The van der Waals surface area contributed by atoms with Crippen LogP contribution < -0.4 is 14.7 Å². The van der Waals surface area contributed by atoms with Gasteiger partial charge in [-0.05, 0) is 31.2 Å². The van der Waals surface area contributed by atoms with Crippen LogP contribution in [-0.4, -0.2) is 66.9 Å². The number of anilines is 3. The van der Waals surface area contributed by atoms with Crippen LogP contribution >= 0.6 is 23.2 Å². The summed E-state index contributed by atoms with van der Waals surface area (Å²) >= 11 is 12.5. The quantitative estimate of drug-likeness (QED) is 0.543. The van der Waals surface area contributed by atoms with Gasteiger partial charge in [0.05, 0.1) is 23.9 Å². The first kappa shape index (κ1) is 22.2. The highest BCUT2D eigenvalue weighted by Gasteiger charge is 2.28. The maximum Gasteiger partial charge on any atom is 0.228 e. The molecule has 172 valence electrons. The lowest BCUT2D eigenvalue weighted by molar-refractivity contribution is 0.122. The molecule has 2 aliphatic rings. The molecule has 0 bridgehead atoms. The van der Waals surface area contributed by atoms with Crippen LogP contribution in [0.5, 0.6) is 0 Å². The number of nitrogens with zero attached hydrogens (tertiary/aromatic N) is 6. The first-order valence-electron chi connectivity index (χ1n) is 11.2. The molecule has 1 aromatic carbocycles. The Hall–Kier alpha value is -2.61. The van der Waals surface area contributed by atoms with Gasteiger partial charge in [-0.3, -0.25) is 0 Å². The molecule has 0 spiro atoms. The lowest BCUT2D eigenvalue weighted by Crippen LogP contribution is -2.53. The van der Waals surface area contributed by atoms with E-state index in [2.05, 4.69) is 32.7 Å². The minimum absolute atomic E-state index is 0.224. The summed E-state index contributed by atoms with van der Waals surface area (Å²) < 4.78 is 5.53. The Kier molecular flexibility index (Phi) is 6.53. The molecule has 4 heterocycles. The molecule has 2 fully saturated rings. The number of aromatic nitrogens is 3. The predicted octanol–water partition coefficient (Wildman–Crippen LogP) is 4.40. The molecule has 7 nitrogen and oxygen atoms in total. The number of pyridine rings is 1. The zero-order chi connectivity index (χ0) is 22.8. The van der Waals surface area contributed by atoms with Crippen molar-refractivity contribution in [2.45, 2.75) is 13.0 Å². The van der Waals surface area contributed by atoms with Crippen LogP contribution in [0.1, 0.15) is 6.92 Å². The van der Waals surface area contributed by atoms with Crippen LogP contribution in [0.25, 0.3) is 11.3 Å². The van der Waals surface area contributed by atoms with Gasteiger partial charge in [-0.1, -0.05) is 35.3 Å². The molecular formula is C24H26Cl2N6O. The van der Waals surface area contributed by atoms with E-state index in [-0.39, 0.29) is 6.04 Å². The van der Waals surface area contributed by atoms with Gasteiger partial charge < -0.3 is 19.4 Å². The third kappa shape index (κ3) is 4.86.